The van der Waals surface area contributed by atoms with Gasteiger partial charge in [-0.25, -0.2) is 18.0 Å². The van der Waals surface area contributed by atoms with Crippen LogP contribution in [-0.4, -0.2) is 46.7 Å². The fourth-order valence-corrected chi connectivity index (χ4v) is 3.95. The Labute approximate surface area is 191 Å². The van der Waals surface area contributed by atoms with Crippen molar-refractivity contribution in [2.45, 2.75) is 30.1 Å². The Morgan fingerprint density at radius 3 is 2.24 bits per heavy atom. The summed E-state index contributed by atoms with van der Waals surface area (Å²) in [5, 5.41) is 7.44. The van der Waals surface area contributed by atoms with Crippen molar-refractivity contribution < 1.29 is 32.3 Å². The molecule has 0 aliphatic carbocycles. The number of carbonyl (C=O) groups is 3. The van der Waals surface area contributed by atoms with Crippen LogP contribution in [0.5, 0.6) is 0 Å². The normalized spacial score (nSPS) is 11.3. The van der Waals surface area contributed by atoms with E-state index in [1.54, 1.807) is 26.0 Å². The third-order valence-electron chi connectivity index (χ3n) is 4.23. The Hall–Kier alpha value is -3.93. The summed E-state index contributed by atoms with van der Waals surface area (Å²) in [5.41, 5.74) is 0.995. The van der Waals surface area contributed by atoms with Crippen LogP contribution in [0.4, 0.5) is 21.0 Å². The number of alkyl carbamates (subject to hydrolysis) is 1. The third kappa shape index (κ3) is 6.77. The van der Waals surface area contributed by atoms with Gasteiger partial charge in [0.2, 0.25) is 21.7 Å². The van der Waals surface area contributed by atoms with Crippen molar-refractivity contribution in [2.24, 2.45) is 4.99 Å². The minimum absolute atomic E-state index is 0.0459. The first-order valence-electron chi connectivity index (χ1n) is 9.65. The number of nitrogens with zero attached hydrogens (tertiary/aromatic N) is 1. The van der Waals surface area contributed by atoms with Gasteiger partial charge < -0.3 is 20.1 Å². The number of rotatable bonds is 5. The summed E-state index contributed by atoms with van der Waals surface area (Å²) < 4.78 is 35.3. The van der Waals surface area contributed by atoms with E-state index in [2.05, 4.69) is 30.4 Å². The largest absolute Gasteiger partial charge is 0.453 e. The Morgan fingerprint density at radius 2 is 1.64 bits per heavy atom. The second-order valence-corrected chi connectivity index (χ2v) is 8.55. The number of aryl methyl sites for hydroxylation is 1. The van der Waals surface area contributed by atoms with E-state index in [0.29, 0.717) is 0 Å². The number of aliphatic imine (C=N–C) groups is 1. The fourth-order valence-electron chi connectivity index (χ4n) is 2.56. The van der Waals surface area contributed by atoms with Gasteiger partial charge in [-0.3, -0.25) is 10.1 Å². The second kappa shape index (κ2) is 11.1. The average Bonchev–Trinajstić information content (AvgIpc) is 2.79. The number of sulfone groups is 1. The van der Waals surface area contributed by atoms with Gasteiger partial charge in [0.05, 0.1) is 35.4 Å². The van der Waals surface area contributed by atoms with Gasteiger partial charge in [0.15, 0.2) is 0 Å². The molecule has 12 heteroatoms. The first-order valence-corrected chi connectivity index (χ1v) is 11.1. The van der Waals surface area contributed by atoms with Gasteiger partial charge in [-0.2, -0.15) is 0 Å². The molecule has 0 fully saturated rings. The van der Waals surface area contributed by atoms with E-state index in [1.165, 1.54) is 30.3 Å². The summed E-state index contributed by atoms with van der Waals surface area (Å²) >= 11 is 0. The molecule has 0 heterocycles. The van der Waals surface area contributed by atoms with Crippen LogP contribution in [0.15, 0.2) is 57.2 Å². The fraction of sp³-hybridized carbons (Fsp3) is 0.238. The molecule has 0 aromatic heterocycles. The molecular weight excluding hydrogens is 452 g/mol. The number of guanidine groups is 1. The topological polar surface area (TPSA) is 152 Å². The summed E-state index contributed by atoms with van der Waals surface area (Å²) in [7, 11) is -1.73. The quantitative estimate of drug-likeness (QED) is 0.440. The molecule has 0 radical (unpaired) electrons. The van der Waals surface area contributed by atoms with Crippen LogP contribution in [0.1, 0.15) is 18.9 Å². The molecule has 33 heavy (non-hydrogen) atoms. The Kier molecular flexibility index (Phi) is 8.51. The third-order valence-corrected chi connectivity index (χ3v) is 5.98. The molecule has 2 aromatic rings. The van der Waals surface area contributed by atoms with E-state index >= 15 is 0 Å². The number of hydrogen-bond donors (Lipinski definition) is 3. The monoisotopic (exact) mass is 476 g/mol. The number of hydrogen-bond acceptors (Lipinski definition) is 7. The van der Waals surface area contributed by atoms with E-state index in [1.807, 2.05) is 0 Å². The summed E-state index contributed by atoms with van der Waals surface area (Å²) in [6, 6.07) is 10.3. The van der Waals surface area contributed by atoms with E-state index in [0.717, 1.165) is 19.8 Å². The molecular formula is C21H24N4O7S. The van der Waals surface area contributed by atoms with Crippen LogP contribution in [0.25, 0.3) is 0 Å². The molecule has 0 atom stereocenters. The van der Waals surface area contributed by atoms with Gasteiger partial charge >= 0.3 is 12.2 Å². The van der Waals surface area contributed by atoms with Crippen molar-refractivity contribution in [3.63, 3.8) is 0 Å². The number of carbonyl (C=O) groups excluding carboxylic acids is 3. The van der Waals surface area contributed by atoms with Gasteiger partial charge in [-0.15, -0.1) is 4.99 Å². The highest BCUT2D eigenvalue weighted by Gasteiger charge is 2.21. The van der Waals surface area contributed by atoms with Crippen LogP contribution in [-0.2, 0) is 24.1 Å². The number of benzene rings is 2. The van der Waals surface area contributed by atoms with E-state index in [-0.39, 0.29) is 33.5 Å². The SMILES string of the molecule is CCC(=O)Nc1ccc(S(=O)(=O)c2cccc(C)c2)cc1NC(=NC(=O)OC)NC(=O)OC. The van der Waals surface area contributed by atoms with Crippen molar-refractivity contribution in [3.05, 3.63) is 48.0 Å². The molecule has 11 nitrogen and oxygen atoms in total. The van der Waals surface area contributed by atoms with Crippen LogP contribution >= 0.6 is 0 Å². The Balaban J connectivity index is 2.58. The molecule has 2 rings (SSSR count). The van der Waals surface area contributed by atoms with E-state index in [4.69, 9.17) is 0 Å². The van der Waals surface area contributed by atoms with Gasteiger partial charge in [0, 0.05) is 6.42 Å². The lowest BCUT2D eigenvalue weighted by Gasteiger charge is -2.16. The zero-order valence-corrected chi connectivity index (χ0v) is 19.3. The standard InChI is InChI=1S/C21H24N4O7S/c1-5-18(26)22-16-10-9-15(33(29,30)14-8-6-7-13(2)11-14)12-17(16)23-19(24-20(27)31-3)25-21(28)32-4/h6-12H,5H2,1-4H3,(H,22,26)(H2,23,24,25,27,28). The van der Waals surface area contributed by atoms with Gasteiger partial charge in [-0.05, 0) is 42.8 Å². The lowest BCUT2D eigenvalue weighted by atomic mass is 10.2. The predicted octanol–water partition coefficient (Wildman–Crippen LogP) is 3.07. The number of amides is 3. The predicted molar refractivity (Wildman–Crippen MR) is 121 cm³/mol. The molecule has 3 N–H and O–H groups in total. The number of nitrogens with one attached hydrogen (secondary N) is 3. The highest BCUT2D eigenvalue weighted by molar-refractivity contribution is 7.91. The summed E-state index contributed by atoms with van der Waals surface area (Å²) in [5.74, 6) is -0.759. The number of anilines is 2. The summed E-state index contributed by atoms with van der Waals surface area (Å²) in [6.45, 7) is 3.41. The molecule has 0 aliphatic rings. The molecule has 0 saturated heterocycles. The van der Waals surface area contributed by atoms with Crippen molar-refractivity contribution in [2.75, 3.05) is 24.9 Å². The zero-order valence-electron chi connectivity index (χ0n) is 18.5. The van der Waals surface area contributed by atoms with Gasteiger partial charge in [0.1, 0.15) is 0 Å². The molecule has 0 unspecified atom stereocenters. The maximum Gasteiger partial charge on any atom is 0.436 e. The molecule has 2 aromatic carbocycles. The zero-order chi connectivity index (χ0) is 24.6. The highest BCUT2D eigenvalue weighted by Crippen LogP contribution is 2.29. The highest BCUT2D eigenvalue weighted by atomic mass is 32.2. The first kappa shape index (κ1) is 25.3. The molecule has 3 amide bonds. The van der Waals surface area contributed by atoms with E-state index < -0.39 is 28.0 Å². The first-order chi connectivity index (χ1) is 15.6. The molecule has 0 spiro atoms. The van der Waals surface area contributed by atoms with Crippen LogP contribution in [0, 0.1) is 6.92 Å². The summed E-state index contributed by atoms with van der Waals surface area (Å²) in [4.78, 5) is 38.8. The molecule has 176 valence electrons. The number of methoxy groups -OCH3 is 2. The second-order valence-electron chi connectivity index (χ2n) is 6.60. The van der Waals surface area contributed by atoms with Gasteiger partial charge in [-0.1, -0.05) is 19.1 Å². The Morgan fingerprint density at radius 1 is 0.939 bits per heavy atom. The lowest BCUT2D eigenvalue weighted by molar-refractivity contribution is -0.115. The van der Waals surface area contributed by atoms with Crippen LogP contribution < -0.4 is 16.0 Å². The van der Waals surface area contributed by atoms with Crippen molar-refractivity contribution in [1.82, 2.24) is 5.32 Å². The Bertz CT molecular complexity index is 1190. The van der Waals surface area contributed by atoms with Crippen molar-refractivity contribution >= 4 is 45.3 Å². The van der Waals surface area contributed by atoms with Crippen LogP contribution in [0.2, 0.25) is 0 Å². The van der Waals surface area contributed by atoms with Crippen LogP contribution in [0.3, 0.4) is 0 Å². The van der Waals surface area contributed by atoms with Crippen molar-refractivity contribution in [3.8, 4) is 0 Å². The summed E-state index contributed by atoms with van der Waals surface area (Å²) in [6.07, 6.45) is -1.84. The molecule has 0 bridgehead atoms. The minimum Gasteiger partial charge on any atom is -0.453 e. The minimum atomic E-state index is -3.92. The maximum atomic E-state index is 13.2. The van der Waals surface area contributed by atoms with Crippen molar-refractivity contribution in [1.29, 1.82) is 0 Å². The average molecular weight is 477 g/mol. The number of ether oxygens (including phenoxy) is 2. The lowest BCUT2D eigenvalue weighted by Crippen LogP contribution is -2.36. The maximum absolute atomic E-state index is 13.2. The van der Waals surface area contributed by atoms with E-state index in [9.17, 15) is 22.8 Å². The molecule has 0 aliphatic heterocycles. The smallest absolute Gasteiger partial charge is 0.436 e. The van der Waals surface area contributed by atoms with Gasteiger partial charge in [0.25, 0.3) is 0 Å². The molecule has 0 saturated carbocycles.